The lowest BCUT2D eigenvalue weighted by atomic mass is 10.2. The van der Waals surface area contributed by atoms with E-state index in [1.807, 2.05) is 19.2 Å². The molecule has 0 aliphatic carbocycles. The van der Waals surface area contributed by atoms with Crippen LogP contribution in [0.5, 0.6) is 0 Å². The van der Waals surface area contributed by atoms with Crippen molar-refractivity contribution in [2.24, 2.45) is 0 Å². The quantitative estimate of drug-likeness (QED) is 0.858. The Balaban J connectivity index is 1.79. The molecule has 2 rings (SSSR count). The van der Waals surface area contributed by atoms with E-state index in [9.17, 15) is 0 Å². The van der Waals surface area contributed by atoms with Crippen LogP contribution in [0.15, 0.2) is 18.3 Å². The number of pyridine rings is 1. The molecule has 0 bridgehead atoms. The predicted octanol–water partition coefficient (Wildman–Crippen LogP) is 1.52. The molecular weight excluding hydrogens is 214 g/mol. The van der Waals surface area contributed by atoms with Gasteiger partial charge in [0.2, 0.25) is 0 Å². The molecule has 1 aromatic heterocycles. The molecule has 0 saturated carbocycles. The Morgan fingerprint density at radius 1 is 1.53 bits per heavy atom. The first kappa shape index (κ1) is 12.3. The average molecular weight is 235 g/mol. The number of aromatic nitrogens is 1. The van der Waals surface area contributed by atoms with Gasteiger partial charge in [-0.2, -0.15) is 0 Å². The van der Waals surface area contributed by atoms with E-state index in [2.05, 4.69) is 28.2 Å². The Kier molecular flexibility index (Phi) is 4.34. The number of nitrogens with one attached hydrogen (secondary N) is 1. The van der Waals surface area contributed by atoms with E-state index in [4.69, 9.17) is 4.74 Å². The summed E-state index contributed by atoms with van der Waals surface area (Å²) in [5.74, 6) is 0.924. The number of aryl methyl sites for hydroxylation is 1. The number of morpholine rings is 1. The van der Waals surface area contributed by atoms with Gasteiger partial charge in [-0.3, -0.25) is 4.90 Å². The van der Waals surface area contributed by atoms with Gasteiger partial charge in [0.05, 0.1) is 12.7 Å². The largest absolute Gasteiger partial charge is 0.374 e. The zero-order valence-electron chi connectivity index (χ0n) is 10.6. The van der Waals surface area contributed by atoms with Crippen LogP contribution in [-0.4, -0.2) is 48.8 Å². The van der Waals surface area contributed by atoms with Crippen molar-refractivity contribution in [3.63, 3.8) is 0 Å². The lowest BCUT2D eigenvalue weighted by Crippen LogP contribution is -2.45. The van der Waals surface area contributed by atoms with Crippen LogP contribution in [0, 0.1) is 6.92 Å². The van der Waals surface area contributed by atoms with E-state index < -0.39 is 0 Å². The van der Waals surface area contributed by atoms with Crippen molar-refractivity contribution in [1.29, 1.82) is 0 Å². The summed E-state index contributed by atoms with van der Waals surface area (Å²) in [6.07, 6.45) is 2.15. The van der Waals surface area contributed by atoms with Crippen LogP contribution in [0.3, 0.4) is 0 Å². The molecule has 1 atom stereocenters. The van der Waals surface area contributed by atoms with Crippen LogP contribution in [0.25, 0.3) is 0 Å². The summed E-state index contributed by atoms with van der Waals surface area (Å²) in [6.45, 7) is 9.05. The first-order valence-corrected chi connectivity index (χ1v) is 6.28. The number of nitrogens with zero attached hydrogens (tertiary/aromatic N) is 2. The van der Waals surface area contributed by atoms with Crippen LogP contribution in [0.4, 0.5) is 5.82 Å². The number of hydrogen-bond donors (Lipinski definition) is 1. The molecular formula is C13H21N3O. The zero-order valence-corrected chi connectivity index (χ0v) is 10.6. The van der Waals surface area contributed by atoms with Crippen molar-refractivity contribution in [3.05, 3.63) is 23.9 Å². The zero-order chi connectivity index (χ0) is 12.1. The minimum Gasteiger partial charge on any atom is -0.374 e. The average Bonchev–Trinajstić information content (AvgIpc) is 2.38. The molecule has 1 aromatic rings. The molecule has 4 heteroatoms. The van der Waals surface area contributed by atoms with Crippen LogP contribution >= 0.6 is 0 Å². The lowest BCUT2D eigenvalue weighted by molar-refractivity contribution is -0.0192. The number of hydrogen-bond acceptors (Lipinski definition) is 4. The van der Waals surface area contributed by atoms with Gasteiger partial charge >= 0.3 is 0 Å². The molecule has 0 aromatic carbocycles. The van der Waals surface area contributed by atoms with Gasteiger partial charge in [-0.25, -0.2) is 4.98 Å². The van der Waals surface area contributed by atoms with Gasteiger partial charge in [0.1, 0.15) is 5.82 Å². The van der Waals surface area contributed by atoms with Crippen molar-refractivity contribution in [1.82, 2.24) is 9.88 Å². The summed E-state index contributed by atoms with van der Waals surface area (Å²) in [5.41, 5.74) is 1.18. The first-order valence-electron chi connectivity index (χ1n) is 6.28. The normalized spacial score (nSPS) is 21.4. The smallest absolute Gasteiger partial charge is 0.125 e. The molecule has 0 spiro atoms. The maximum Gasteiger partial charge on any atom is 0.125 e. The fraction of sp³-hybridized carbons (Fsp3) is 0.615. The topological polar surface area (TPSA) is 37.4 Å². The Morgan fingerprint density at radius 2 is 2.41 bits per heavy atom. The number of rotatable bonds is 4. The molecule has 0 radical (unpaired) electrons. The van der Waals surface area contributed by atoms with Gasteiger partial charge in [-0.1, -0.05) is 13.0 Å². The molecule has 4 nitrogen and oxygen atoms in total. The van der Waals surface area contributed by atoms with E-state index in [1.54, 1.807) is 0 Å². The van der Waals surface area contributed by atoms with Crippen LogP contribution in [0.2, 0.25) is 0 Å². The summed E-state index contributed by atoms with van der Waals surface area (Å²) in [5, 5.41) is 3.32. The summed E-state index contributed by atoms with van der Waals surface area (Å²) < 4.78 is 5.72. The number of ether oxygens (including phenoxy) is 1. The molecule has 17 heavy (non-hydrogen) atoms. The summed E-state index contributed by atoms with van der Waals surface area (Å²) in [7, 11) is 0. The summed E-state index contributed by atoms with van der Waals surface area (Å²) >= 11 is 0. The Bertz CT molecular complexity index is 339. The van der Waals surface area contributed by atoms with Gasteiger partial charge in [-0.15, -0.1) is 0 Å². The SMILES string of the molecule is CCN1CCOC(CNc2ccc(C)cn2)C1. The lowest BCUT2D eigenvalue weighted by Gasteiger charge is -2.32. The van der Waals surface area contributed by atoms with Crippen LogP contribution in [-0.2, 0) is 4.74 Å². The highest BCUT2D eigenvalue weighted by Gasteiger charge is 2.18. The van der Waals surface area contributed by atoms with E-state index in [0.29, 0.717) is 0 Å². The standard InChI is InChI=1S/C13H21N3O/c1-3-16-6-7-17-12(10-16)9-15-13-5-4-11(2)8-14-13/h4-5,8,12H,3,6-7,9-10H2,1-2H3,(H,14,15). The minimum absolute atomic E-state index is 0.270. The fourth-order valence-corrected chi connectivity index (χ4v) is 1.98. The maximum absolute atomic E-state index is 5.72. The molecule has 0 amide bonds. The fourth-order valence-electron chi connectivity index (χ4n) is 1.98. The predicted molar refractivity (Wildman–Crippen MR) is 69.3 cm³/mol. The van der Waals surface area contributed by atoms with Crippen molar-refractivity contribution < 1.29 is 4.74 Å². The molecule has 2 heterocycles. The van der Waals surface area contributed by atoms with Crippen molar-refractivity contribution in [2.45, 2.75) is 20.0 Å². The van der Waals surface area contributed by atoms with E-state index >= 15 is 0 Å². The first-order chi connectivity index (χ1) is 8.28. The molecule has 1 fully saturated rings. The third kappa shape index (κ3) is 3.68. The van der Waals surface area contributed by atoms with Gasteiger partial charge in [0.15, 0.2) is 0 Å². The minimum atomic E-state index is 0.270. The second kappa shape index (κ2) is 5.98. The molecule has 1 unspecified atom stereocenters. The van der Waals surface area contributed by atoms with Crippen molar-refractivity contribution >= 4 is 5.82 Å². The van der Waals surface area contributed by atoms with E-state index in [-0.39, 0.29) is 6.10 Å². The number of likely N-dealkylation sites (N-methyl/N-ethyl adjacent to an activating group) is 1. The molecule has 1 aliphatic heterocycles. The molecule has 1 saturated heterocycles. The number of anilines is 1. The molecule has 1 N–H and O–H groups in total. The van der Waals surface area contributed by atoms with Crippen molar-refractivity contribution in [3.8, 4) is 0 Å². The Labute approximate surface area is 103 Å². The van der Waals surface area contributed by atoms with Gasteiger partial charge in [0.25, 0.3) is 0 Å². The highest BCUT2D eigenvalue weighted by Crippen LogP contribution is 2.08. The van der Waals surface area contributed by atoms with E-state index in [1.165, 1.54) is 5.56 Å². The highest BCUT2D eigenvalue weighted by atomic mass is 16.5. The van der Waals surface area contributed by atoms with Gasteiger partial charge < -0.3 is 10.1 Å². The van der Waals surface area contributed by atoms with Crippen LogP contribution < -0.4 is 5.32 Å². The molecule has 94 valence electrons. The van der Waals surface area contributed by atoms with Gasteiger partial charge in [0, 0.05) is 25.8 Å². The third-order valence-electron chi connectivity index (χ3n) is 3.09. The summed E-state index contributed by atoms with van der Waals surface area (Å²) in [6, 6.07) is 4.07. The van der Waals surface area contributed by atoms with E-state index in [0.717, 1.165) is 38.6 Å². The summed E-state index contributed by atoms with van der Waals surface area (Å²) in [4.78, 5) is 6.74. The second-order valence-electron chi connectivity index (χ2n) is 4.49. The monoisotopic (exact) mass is 235 g/mol. The molecule has 1 aliphatic rings. The third-order valence-corrected chi connectivity index (χ3v) is 3.09. The van der Waals surface area contributed by atoms with Crippen molar-refractivity contribution in [2.75, 3.05) is 38.1 Å². The van der Waals surface area contributed by atoms with Crippen LogP contribution in [0.1, 0.15) is 12.5 Å². The Hall–Kier alpha value is -1.13. The second-order valence-corrected chi connectivity index (χ2v) is 4.49. The highest BCUT2D eigenvalue weighted by molar-refractivity contribution is 5.35. The maximum atomic E-state index is 5.72. The Morgan fingerprint density at radius 3 is 3.12 bits per heavy atom. The van der Waals surface area contributed by atoms with Gasteiger partial charge in [-0.05, 0) is 25.1 Å².